The normalized spacial score (nSPS) is 19.1. The van der Waals surface area contributed by atoms with Crippen LogP contribution in [0.3, 0.4) is 0 Å². The quantitative estimate of drug-likeness (QED) is 0.794. The molecule has 4 rings (SSSR count). The fraction of sp³-hybridized carbons (Fsp3) is 0.429. The molecular formula is C14H12ClNO3S. The fourth-order valence-corrected chi connectivity index (χ4v) is 3.59. The summed E-state index contributed by atoms with van der Waals surface area (Å²) in [6.45, 7) is 2.99. The van der Waals surface area contributed by atoms with E-state index in [2.05, 4.69) is 4.98 Å². The Morgan fingerprint density at radius 2 is 2.15 bits per heavy atom. The predicted molar refractivity (Wildman–Crippen MR) is 77.3 cm³/mol. The van der Waals surface area contributed by atoms with E-state index in [1.165, 1.54) is 11.3 Å². The highest BCUT2D eigenvalue weighted by molar-refractivity contribution is 7.22. The summed E-state index contributed by atoms with van der Waals surface area (Å²) in [4.78, 5) is 17.0. The number of rotatable bonds is 2. The van der Waals surface area contributed by atoms with Crippen LogP contribution >= 0.6 is 22.9 Å². The monoisotopic (exact) mass is 309 g/mol. The molecule has 2 aliphatic rings. The van der Waals surface area contributed by atoms with E-state index in [4.69, 9.17) is 21.1 Å². The summed E-state index contributed by atoms with van der Waals surface area (Å²) in [5.41, 5.74) is 1.00. The fourth-order valence-electron chi connectivity index (χ4n) is 2.46. The van der Waals surface area contributed by atoms with Crippen molar-refractivity contribution in [2.75, 3.05) is 13.2 Å². The molecule has 0 radical (unpaired) electrons. The Bertz CT molecular complexity index is 736. The van der Waals surface area contributed by atoms with Crippen LogP contribution in [-0.4, -0.2) is 24.0 Å². The van der Waals surface area contributed by atoms with Gasteiger partial charge in [0.25, 0.3) is 0 Å². The van der Waals surface area contributed by atoms with Gasteiger partial charge in [0.2, 0.25) is 0 Å². The van der Waals surface area contributed by atoms with Crippen LogP contribution < -0.4 is 9.47 Å². The summed E-state index contributed by atoms with van der Waals surface area (Å²) in [5, 5.41) is 0. The summed E-state index contributed by atoms with van der Waals surface area (Å²) in [5.74, 6) is 1.41. The molecule has 0 bridgehead atoms. The van der Waals surface area contributed by atoms with Gasteiger partial charge in [0.1, 0.15) is 17.9 Å². The first-order valence-electron chi connectivity index (χ1n) is 6.52. The summed E-state index contributed by atoms with van der Waals surface area (Å²) in [6.07, 6.45) is 1.86. The molecule has 1 aromatic heterocycles. The third-order valence-electron chi connectivity index (χ3n) is 3.94. The van der Waals surface area contributed by atoms with Gasteiger partial charge in [-0.25, -0.2) is 4.98 Å². The zero-order valence-electron chi connectivity index (χ0n) is 10.9. The summed E-state index contributed by atoms with van der Waals surface area (Å²) >= 11 is 7.36. The van der Waals surface area contributed by atoms with Crippen molar-refractivity contribution < 1.29 is 14.3 Å². The van der Waals surface area contributed by atoms with Crippen LogP contribution in [0.25, 0.3) is 10.2 Å². The molecule has 1 aliphatic carbocycles. The van der Waals surface area contributed by atoms with E-state index >= 15 is 0 Å². The van der Waals surface area contributed by atoms with E-state index in [-0.39, 0.29) is 11.2 Å². The van der Waals surface area contributed by atoms with Crippen molar-refractivity contribution in [3.05, 3.63) is 16.1 Å². The lowest BCUT2D eigenvalue weighted by Crippen LogP contribution is -2.18. The van der Waals surface area contributed by atoms with Crippen LogP contribution in [-0.2, 0) is 0 Å². The first-order chi connectivity index (χ1) is 9.58. The molecule has 2 aromatic rings. The van der Waals surface area contributed by atoms with Crippen LogP contribution in [0.4, 0.5) is 0 Å². The highest BCUT2D eigenvalue weighted by atomic mass is 35.5. The van der Waals surface area contributed by atoms with Crippen molar-refractivity contribution in [1.29, 1.82) is 0 Å². The lowest BCUT2D eigenvalue weighted by molar-refractivity contribution is 0.0913. The lowest BCUT2D eigenvalue weighted by Gasteiger charge is -2.20. The minimum absolute atomic E-state index is 0.126. The van der Waals surface area contributed by atoms with Gasteiger partial charge in [0.15, 0.2) is 21.7 Å². The van der Waals surface area contributed by atoms with Gasteiger partial charge < -0.3 is 9.47 Å². The van der Waals surface area contributed by atoms with Gasteiger partial charge in [-0.05, 0) is 18.9 Å². The van der Waals surface area contributed by atoms with Crippen LogP contribution in [0.2, 0.25) is 4.47 Å². The van der Waals surface area contributed by atoms with E-state index in [9.17, 15) is 4.79 Å². The Hall–Kier alpha value is -1.33. The number of ketones is 1. The SMILES string of the molecule is CC1(C(=O)c2cc3c(c4sc(Cl)nc24)OCCO3)CC1. The van der Waals surface area contributed by atoms with Crippen molar-refractivity contribution in [3.8, 4) is 11.5 Å². The Kier molecular flexibility index (Phi) is 2.54. The molecule has 20 heavy (non-hydrogen) atoms. The summed E-state index contributed by atoms with van der Waals surface area (Å²) in [7, 11) is 0. The Morgan fingerprint density at radius 3 is 2.90 bits per heavy atom. The van der Waals surface area contributed by atoms with E-state index < -0.39 is 0 Å². The molecule has 1 aromatic carbocycles. The van der Waals surface area contributed by atoms with Crippen LogP contribution in [0.15, 0.2) is 6.07 Å². The zero-order valence-corrected chi connectivity index (χ0v) is 12.4. The molecule has 0 atom stereocenters. The van der Waals surface area contributed by atoms with Crippen molar-refractivity contribution in [2.24, 2.45) is 5.41 Å². The lowest BCUT2D eigenvalue weighted by atomic mass is 9.95. The molecule has 0 unspecified atom stereocenters. The topological polar surface area (TPSA) is 48.4 Å². The maximum absolute atomic E-state index is 12.7. The van der Waals surface area contributed by atoms with Gasteiger partial charge in [-0.2, -0.15) is 0 Å². The van der Waals surface area contributed by atoms with E-state index in [1.807, 2.05) is 6.92 Å². The number of Topliss-reactive ketones (excluding diaryl/α,β-unsaturated/α-hetero) is 1. The maximum atomic E-state index is 12.7. The van der Waals surface area contributed by atoms with Crippen molar-refractivity contribution in [1.82, 2.24) is 4.98 Å². The number of thiazole rings is 1. The number of nitrogens with zero attached hydrogens (tertiary/aromatic N) is 1. The number of hydrogen-bond acceptors (Lipinski definition) is 5. The highest BCUT2D eigenvalue weighted by Gasteiger charge is 2.46. The molecule has 2 heterocycles. The van der Waals surface area contributed by atoms with E-state index in [0.717, 1.165) is 17.5 Å². The number of carbonyl (C=O) groups excluding carboxylic acids is 1. The molecule has 1 fully saturated rings. The van der Waals surface area contributed by atoms with Gasteiger partial charge >= 0.3 is 0 Å². The van der Waals surface area contributed by atoms with Crippen molar-refractivity contribution in [3.63, 3.8) is 0 Å². The number of ether oxygens (including phenoxy) is 2. The van der Waals surface area contributed by atoms with Gasteiger partial charge in [-0.3, -0.25) is 4.79 Å². The number of fused-ring (bicyclic) bond motifs is 3. The van der Waals surface area contributed by atoms with Gasteiger partial charge in [-0.15, -0.1) is 0 Å². The third kappa shape index (κ3) is 1.73. The molecule has 4 nitrogen and oxygen atoms in total. The molecule has 104 valence electrons. The summed E-state index contributed by atoms with van der Waals surface area (Å²) < 4.78 is 12.5. The smallest absolute Gasteiger partial charge is 0.184 e. The minimum atomic E-state index is -0.243. The van der Waals surface area contributed by atoms with E-state index in [0.29, 0.717) is 40.3 Å². The molecule has 0 amide bonds. The molecule has 0 saturated heterocycles. The molecule has 0 spiro atoms. The number of carbonyl (C=O) groups is 1. The number of halogens is 1. The standard InChI is InChI=1S/C14H12ClNO3S/c1-14(2-3-14)12(17)7-6-8-10(19-5-4-18-8)11-9(7)16-13(15)20-11/h6H,2-5H2,1H3. The largest absolute Gasteiger partial charge is 0.486 e. The minimum Gasteiger partial charge on any atom is -0.486 e. The average molecular weight is 310 g/mol. The first-order valence-corrected chi connectivity index (χ1v) is 7.71. The number of benzene rings is 1. The molecule has 0 N–H and O–H groups in total. The molecular weight excluding hydrogens is 298 g/mol. The van der Waals surface area contributed by atoms with Crippen LogP contribution in [0, 0.1) is 5.41 Å². The molecule has 6 heteroatoms. The zero-order chi connectivity index (χ0) is 13.9. The van der Waals surface area contributed by atoms with Crippen molar-refractivity contribution in [2.45, 2.75) is 19.8 Å². The second-order valence-electron chi connectivity index (χ2n) is 5.48. The van der Waals surface area contributed by atoms with Gasteiger partial charge in [-0.1, -0.05) is 29.9 Å². The average Bonchev–Trinajstić information content (AvgIpc) is 3.07. The summed E-state index contributed by atoms with van der Waals surface area (Å²) in [6, 6.07) is 1.76. The molecule has 1 saturated carbocycles. The number of hydrogen-bond donors (Lipinski definition) is 0. The molecule has 1 aliphatic heterocycles. The third-order valence-corrected chi connectivity index (χ3v) is 5.10. The maximum Gasteiger partial charge on any atom is 0.184 e. The second-order valence-corrected chi connectivity index (χ2v) is 7.06. The Labute approximate surface area is 124 Å². The van der Waals surface area contributed by atoms with Crippen molar-refractivity contribution >= 4 is 38.9 Å². The second kappa shape index (κ2) is 4.09. The van der Waals surface area contributed by atoms with Crippen LogP contribution in [0.1, 0.15) is 30.1 Å². The van der Waals surface area contributed by atoms with Gasteiger partial charge in [0, 0.05) is 11.0 Å². The first kappa shape index (κ1) is 12.4. The Morgan fingerprint density at radius 1 is 1.40 bits per heavy atom. The van der Waals surface area contributed by atoms with Crippen LogP contribution in [0.5, 0.6) is 11.5 Å². The Balaban J connectivity index is 1.98. The highest BCUT2D eigenvalue weighted by Crippen LogP contribution is 2.51. The predicted octanol–water partition coefficient (Wildman–Crippen LogP) is 3.70. The number of aromatic nitrogens is 1. The van der Waals surface area contributed by atoms with Gasteiger partial charge in [0.05, 0.1) is 5.52 Å². The van der Waals surface area contributed by atoms with E-state index in [1.54, 1.807) is 6.07 Å².